The second kappa shape index (κ2) is 7.39. The zero-order chi connectivity index (χ0) is 17.0. The van der Waals surface area contributed by atoms with Gasteiger partial charge in [-0.3, -0.25) is 4.18 Å². The Bertz CT molecular complexity index is 638. The van der Waals surface area contributed by atoms with Crippen molar-refractivity contribution >= 4 is 16.1 Å². The first-order valence-corrected chi connectivity index (χ1v) is 8.90. The molecule has 1 aliphatic rings. The molecular formula is C15H20O7S. The predicted molar refractivity (Wildman–Crippen MR) is 81.5 cm³/mol. The lowest BCUT2D eigenvalue weighted by Gasteiger charge is -2.17. The number of carbonyl (C=O) groups is 1. The van der Waals surface area contributed by atoms with Crippen molar-refractivity contribution in [3.63, 3.8) is 0 Å². The second-order valence-electron chi connectivity index (χ2n) is 5.38. The number of aryl methyl sites for hydroxylation is 1. The van der Waals surface area contributed by atoms with Gasteiger partial charge in [0, 0.05) is 13.5 Å². The van der Waals surface area contributed by atoms with Crippen molar-refractivity contribution in [3.8, 4) is 0 Å². The summed E-state index contributed by atoms with van der Waals surface area (Å²) in [5, 5.41) is 0. The van der Waals surface area contributed by atoms with Gasteiger partial charge in [0.25, 0.3) is 10.1 Å². The fourth-order valence-electron chi connectivity index (χ4n) is 2.23. The smallest absolute Gasteiger partial charge is 0.338 e. The number of ether oxygens (including phenoxy) is 3. The van der Waals surface area contributed by atoms with Crippen LogP contribution in [0.25, 0.3) is 0 Å². The van der Waals surface area contributed by atoms with E-state index < -0.39 is 34.6 Å². The van der Waals surface area contributed by atoms with Crippen LogP contribution in [-0.2, 0) is 28.5 Å². The van der Waals surface area contributed by atoms with Gasteiger partial charge in [-0.05, 0) is 19.1 Å². The Morgan fingerprint density at radius 3 is 2.52 bits per heavy atom. The summed E-state index contributed by atoms with van der Waals surface area (Å²) in [5.41, 5.74) is 1.45. The molecule has 1 aromatic rings. The Balaban J connectivity index is 1.96. The van der Waals surface area contributed by atoms with E-state index in [1.165, 1.54) is 7.11 Å². The molecule has 0 amide bonds. The van der Waals surface area contributed by atoms with Gasteiger partial charge in [0.05, 0.1) is 11.8 Å². The number of methoxy groups -OCH3 is 1. The average Bonchev–Trinajstić information content (AvgIpc) is 2.85. The van der Waals surface area contributed by atoms with Crippen LogP contribution in [0.3, 0.4) is 0 Å². The zero-order valence-corrected chi connectivity index (χ0v) is 14.0. The van der Waals surface area contributed by atoms with Crippen LogP contribution in [0.5, 0.6) is 0 Å². The molecule has 1 heterocycles. The Kier molecular flexibility index (Phi) is 5.74. The summed E-state index contributed by atoms with van der Waals surface area (Å²) in [6.07, 6.45) is -0.839. The van der Waals surface area contributed by atoms with Gasteiger partial charge in [-0.25, -0.2) is 4.79 Å². The van der Waals surface area contributed by atoms with Crippen LogP contribution < -0.4 is 0 Å². The summed E-state index contributed by atoms with van der Waals surface area (Å²) in [6.45, 7) is 1.80. The highest BCUT2D eigenvalue weighted by Gasteiger charge is 2.39. The van der Waals surface area contributed by atoms with E-state index in [4.69, 9.17) is 18.4 Å². The largest absolute Gasteiger partial charge is 0.459 e. The molecule has 1 fully saturated rings. The number of hydrogen-bond acceptors (Lipinski definition) is 7. The summed E-state index contributed by atoms with van der Waals surface area (Å²) in [6, 6.07) is 6.93. The number of benzene rings is 1. The maximum Gasteiger partial charge on any atom is 0.338 e. The van der Waals surface area contributed by atoms with Gasteiger partial charge >= 0.3 is 5.97 Å². The van der Waals surface area contributed by atoms with Gasteiger partial charge in [0.2, 0.25) is 0 Å². The third-order valence-electron chi connectivity index (χ3n) is 3.39. The third kappa shape index (κ3) is 5.28. The van der Waals surface area contributed by atoms with Crippen LogP contribution in [0, 0.1) is 6.92 Å². The van der Waals surface area contributed by atoms with E-state index in [0.29, 0.717) is 5.56 Å². The fraction of sp³-hybridized carbons (Fsp3) is 0.533. The second-order valence-corrected chi connectivity index (χ2v) is 6.98. The maximum absolute atomic E-state index is 12.0. The van der Waals surface area contributed by atoms with Crippen LogP contribution in [0.1, 0.15) is 22.3 Å². The van der Waals surface area contributed by atoms with Gasteiger partial charge in [0.15, 0.2) is 6.29 Å². The van der Waals surface area contributed by atoms with Crippen LogP contribution in [0.15, 0.2) is 24.3 Å². The molecule has 8 heteroatoms. The van der Waals surface area contributed by atoms with Crippen molar-refractivity contribution < 1.29 is 31.6 Å². The summed E-state index contributed by atoms with van der Waals surface area (Å²) in [7, 11) is -2.20. The van der Waals surface area contributed by atoms with Gasteiger partial charge < -0.3 is 14.2 Å². The summed E-state index contributed by atoms with van der Waals surface area (Å²) >= 11 is 0. The van der Waals surface area contributed by atoms with E-state index in [1.54, 1.807) is 24.3 Å². The first kappa shape index (κ1) is 17.9. The van der Waals surface area contributed by atoms with E-state index in [9.17, 15) is 13.2 Å². The maximum atomic E-state index is 12.0. The van der Waals surface area contributed by atoms with E-state index >= 15 is 0 Å². The first-order valence-electron chi connectivity index (χ1n) is 7.09. The Hall–Kier alpha value is -1.48. The van der Waals surface area contributed by atoms with Crippen LogP contribution >= 0.6 is 0 Å². The first-order chi connectivity index (χ1) is 10.8. The summed E-state index contributed by atoms with van der Waals surface area (Å²) in [5.74, 6) is -0.507. The molecule has 1 saturated heterocycles. The molecule has 0 bridgehead atoms. The standard InChI is InChI=1S/C15H20O7S/c1-10-4-6-11(7-5-10)15(16)20-9-13-12(22-23(3,17)18)8-14(19-2)21-13/h4-7,12-14H,8-9H2,1-3H3/t12-,13+,14?/m0/s1. The highest BCUT2D eigenvalue weighted by atomic mass is 32.2. The molecule has 128 valence electrons. The monoisotopic (exact) mass is 344 g/mol. The molecule has 2 rings (SSSR count). The van der Waals surface area contributed by atoms with Gasteiger partial charge in [-0.2, -0.15) is 8.42 Å². The van der Waals surface area contributed by atoms with Crippen molar-refractivity contribution in [3.05, 3.63) is 35.4 Å². The zero-order valence-electron chi connectivity index (χ0n) is 13.2. The van der Waals surface area contributed by atoms with Crippen LogP contribution in [0.2, 0.25) is 0 Å². The molecule has 0 radical (unpaired) electrons. The lowest BCUT2D eigenvalue weighted by Crippen LogP contribution is -2.32. The van der Waals surface area contributed by atoms with Crippen LogP contribution in [-0.4, -0.2) is 52.9 Å². The SMILES string of the molecule is COC1C[C@H](OS(C)(=O)=O)[C@@H](COC(=O)c2ccc(C)cc2)O1. The summed E-state index contributed by atoms with van der Waals surface area (Å²) < 4.78 is 43.3. The van der Waals surface area contributed by atoms with E-state index in [1.807, 2.05) is 6.92 Å². The molecule has 0 spiro atoms. The minimum Gasteiger partial charge on any atom is -0.459 e. The highest BCUT2D eigenvalue weighted by molar-refractivity contribution is 7.86. The van der Waals surface area contributed by atoms with Crippen molar-refractivity contribution in [2.75, 3.05) is 20.0 Å². The van der Waals surface area contributed by atoms with Crippen molar-refractivity contribution in [2.45, 2.75) is 31.8 Å². The van der Waals surface area contributed by atoms with Crippen LogP contribution in [0.4, 0.5) is 0 Å². The minimum atomic E-state index is -3.64. The molecule has 3 atom stereocenters. The van der Waals surface area contributed by atoms with Crippen molar-refractivity contribution in [2.24, 2.45) is 0 Å². The van der Waals surface area contributed by atoms with Gasteiger partial charge in [0.1, 0.15) is 18.8 Å². The fourth-order valence-corrected chi connectivity index (χ4v) is 2.89. The number of esters is 1. The molecule has 1 aliphatic heterocycles. The lowest BCUT2D eigenvalue weighted by atomic mass is 10.1. The Morgan fingerprint density at radius 1 is 1.30 bits per heavy atom. The van der Waals surface area contributed by atoms with E-state index in [0.717, 1.165) is 11.8 Å². The molecule has 0 N–H and O–H groups in total. The van der Waals surface area contributed by atoms with E-state index in [2.05, 4.69) is 0 Å². The quantitative estimate of drug-likeness (QED) is 0.567. The predicted octanol–water partition coefficient (Wildman–Crippen LogP) is 1.26. The molecule has 1 aromatic carbocycles. The molecule has 7 nitrogen and oxygen atoms in total. The number of hydrogen-bond donors (Lipinski definition) is 0. The minimum absolute atomic E-state index is 0.118. The number of rotatable bonds is 6. The van der Waals surface area contributed by atoms with E-state index in [-0.39, 0.29) is 13.0 Å². The highest BCUT2D eigenvalue weighted by Crippen LogP contribution is 2.25. The lowest BCUT2D eigenvalue weighted by molar-refractivity contribution is -0.127. The molecule has 23 heavy (non-hydrogen) atoms. The third-order valence-corrected chi connectivity index (χ3v) is 3.99. The topological polar surface area (TPSA) is 88.1 Å². The van der Waals surface area contributed by atoms with Gasteiger partial charge in [-0.15, -0.1) is 0 Å². The molecule has 0 aromatic heterocycles. The molecule has 0 saturated carbocycles. The normalized spacial score (nSPS) is 24.6. The van der Waals surface area contributed by atoms with Crippen molar-refractivity contribution in [1.82, 2.24) is 0 Å². The Morgan fingerprint density at radius 2 is 1.96 bits per heavy atom. The molecule has 0 aliphatic carbocycles. The van der Waals surface area contributed by atoms with Gasteiger partial charge in [-0.1, -0.05) is 17.7 Å². The average molecular weight is 344 g/mol. The molecular weight excluding hydrogens is 324 g/mol. The summed E-state index contributed by atoms with van der Waals surface area (Å²) in [4.78, 5) is 12.0. The Labute approximate surface area is 135 Å². The van der Waals surface area contributed by atoms with Crippen molar-refractivity contribution in [1.29, 1.82) is 0 Å². The number of carbonyl (C=O) groups excluding carboxylic acids is 1. The molecule has 1 unspecified atom stereocenters.